The summed E-state index contributed by atoms with van der Waals surface area (Å²) in [6, 6.07) is 19.5. The number of hydrogen-bond donors (Lipinski definition) is 0. The third kappa shape index (κ3) is 4.32. The van der Waals surface area contributed by atoms with Crippen LogP contribution in [0.15, 0.2) is 65.1 Å². The minimum absolute atomic E-state index is 0.182. The fourth-order valence-electron chi connectivity index (χ4n) is 3.21. The van der Waals surface area contributed by atoms with E-state index < -0.39 is 7.60 Å². The summed E-state index contributed by atoms with van der Waals surface area (Å²) in [6.07, 6.45) is 0.579. The molecule has 3 aromatic rings. The predicted molar refractivity (Wildman–Crippen MR) is 113 cm³/mol. The average Bonchev–Trinajstić information content (AvgIpc) is 3.16. The second kappa shape index (κ2) is 7.83. The van der Waals surface area contributed by atoms with Crippen molar-refractivity contribution in [1.82, 2.24) is 0 Å². The molecule has 5 nitrogen and oxygen atoms in total. The zero-order valence-electron chi connectivity index (χ0n) is 16.9. The molecule has 2 heterocycles. The first kappa shape index (κ1) is 20.0. The molecule has 0 unspecified atom stereocenters. The standard InChI is InChI=1S/C23H25O5P/c1-23(2)15-26-29(24,27-16-23)22-19(13-17-7-5-4-6-8-17)14-21(28-22)18-9-11-20(25-3)12-10-18/h4-12,14H,13,15-16H2,1-3H3. The van der Waals surface area contributed by atoms with Gasteiger partial charge >= 0.3 is 7.60 Å². The molecule has 0 spiro atoms. The Morgan fingerprint density at radius 3 is 2.28 bits per heavy atom. The van der Waals surface area contributed by atoms with Crippen LogP contribution in [0.2, 0.25) is 0 Å². The van der Waals surface area contributed by atoms with Crippen molar-refractivity contribution in [1.29, 1.82) is 0 Å². The van der Waals surface area contributed by atoms with Crippen molar-refractivity contribution >= 4 is 13.1 Å². The van der Waals surface area contributed by atoms with E-state index in [1.807, 2.05) is 74.5 Å². The Morgan fingerprint density at radius 2 is 1.66 bits per heavy atom. The normalized spacial score (nSPS) is 17.8. The minimum atomic E-state index is -3.53. The summed E-state index contributed by atoms with van der Waals surface area (Å²) in [5, 5.41) is 0. The van der Waals surface area contributed by atoms with E-state index in [1.54, 1.807) is 7.11 Å². The third-order valence-electron chi connectivity index (χ3n) is 4.90. The number of rotatable bonds is 5. The summed E-state index contributed by atoms with van der Waals surface area (Å²) in [5.74, 6) is 1.39. The molecule has 1 aliphatic rings. The van der Waals surface area contributed by atoms with Crippen LogP contribution < -0.4 is 10.2 Å². The van der Waals surface area contributed by atoms with Crippen molar-refractivity contribution in [3.05, 3.63) is 71.8 Å². The van der Waals surface area contributed by atoms with Gasteiger partial charge in [0, 0.05) is 23.0 Å². The Balaban J connectivity index is 1.73. The monoisotopic (exact) mass is 412 g/mol. The molecule has 29 heavy (non-hydrogen) atoms. The maximum Gasteiger partial charge on any atom is 0.396 e. The highest BCUT2D eigenvalue weighted by atomic mass is 31.2. The zero-order valence-corrected chi connectivity index (χ0v) is 17.8. The first-order valence-electron chi connectivity index (χ1n) is 9.59. The van der Waals surface area contributed by atoms with Gasteiger partial charge < -0.3 is 18.2 Å². The van der Waals surface area contributed by atoms with Crippen LogP contribution in [0, 0.1) is 5.41 Å². The number of benzene rings is 2. The van der Waals surface area contributed by atoms with Gasteiger partial charge in [0.1, 0.15) is 11.5 Å². The zero-order chi connectivity index (χ0) is 20.5. The van der Waals surface area contributed by atoms with Gasteiger partial charge in [0.2, 0.25) is 5.50 Å². The third-order valence-corrected chi connectivity index (χ3v) is 6.71. The van der Waals surface area contributed by atoms with Gasteiger partial charge in [0.25, 0.3) is 0 Å². The van der Waals surface area contributed by atoms with Gasteiger partial charge in [-0.05, 0) is 35.9 Å². The predicted octanol–water partition coefficient (Wildman–Crippen LogP) is 5.44. The Bertz CT molecular complexity index is 1010. The fraction of sp³-hybridized carbons (Fsp3) is 0.304. The van der Waals surface area contributed by atoms with Crippen LogP contribution in [-0.4, -0.2) is 20.3 Å². The van der Waals surface area contributed by atoms with Crippen molar-refractivity contribution in [2.45, 2.75) is 20.3 Å². The van der Waals surface area contributed by atoms with Crippen molar-refractivity contribution in [2.24, 2.45) is 5.41 Å². The summed E-state index contributed by atoms with van der Waals surface area (Å²) in [6.45, 7) is 4.75. The molecule has 0 radical (unpaired) electrons. The lowest BCUT2D eigenvalue weighted by Gasteiger charge is -2.33. The van der Waals surface area contributed by atoms with E-state index >= 15 is 0 Å². The Hall–Kier alpha value is -2.33. The van der Waals surface area contributed by atoms with Crippen LogP contribution in [0.1, 0.15) is 25.0 Å². The second-order valence-corrected chi connectivity index (χ2v) is 9.96. The smallest absolute Gasteiger partial charge is 0.396 e. The Labute approximate surface area is 171 Å². The Kier molecular flexibility index (Phi) is 5.39. The quantitative estimate of drug-likeness (QED) is 0.523. The second-order valence-electron chi connectivity index (χ2n) is 8.04. The number of hydrogen-bond acceptors (Lipinski definition) is 5. The summed E-state index contributed by atoms with van der Waals surface area (Å²) in [4.78, 5) is 0. The largest absolute Gasteiger partial charge is 0.497 e. The van der Waals surface area contributed by atoms with Gasteiger partial charge in [-0.25, -0.2) is 0 Å². The molecular formula is C23H25O5P. The number of methoxy groups -OCH3 is 1. The molecule has 0 atom stereocenters. The van der Waals surface area contributed by atoms with Crippen LogP contribution >= 0.6 is 7.60 Å². The first-order chi connectivity index (χ1) is 13.9. The molecule has 0 amide bonds. The average molecular weight is 412 g/mol. The van der Waals surface area contributed by atoms with E-state index in [-0.39, 0.29) is 5.41 Å². The van der Waals surface area contributed by atoms with E-state index in [1.165, 1.54) is 0 Å². The summed E-state index contributed by atoms with van der Waals surface area (Å²) in [5.41, 5.74) is 2.89. The molecule has 1 aromatic heterocycles. The Morgan fingerprint density at radius 1 is 1.00 bits per heavy atom. The van der Waals surface area contributed by atoms with Gasteiger partial charge in [0.15, 0.2) is 0 Å². The van der Waals surface area contributed by atoms with Crippen LogP contribution in [-0.2, 0) is 20.0 Å². The van der Waals surface area contributed by atoms with Gasteiger partial charge in [-0.1, -0.05) is 44.2 Å². The van der Waals surface area contributed by atoms with Crippen LogP contribution in [0.4, 0.5) is 0 Å². The topological polar surface area (TPSA) is 57.9 Å². The van der Waals surface area contributed by atoms with Crippen molar-refractivity contribution in [3.63, 3.8) is 0 Å². The van der Waals surface area contributed by atoms with Crippen LogP contribution in [0.5, 0.6) is 5.75 Å². The molecule has 0 saturated carbocycles. The lowest BCUT2D eigenvalue weighted by molar-refractivity contribution is 0.0448. The maximum absolute atomic E-state index is 13.5. The van der Waals surface area contributed by atoms with Gasteiger partial charge in [0.05, 0.1) is 20.3 Å². The summed E-state index contributed by atoms with van der Waals surface area (Å²) < 4.78 is 36.4. The summed E-state index contributed by atoms with van der Waals surface area (Å²) >= 11 is 0. The van der Waals surface area contributed by atoms with Crippen molar-refractivity contribution < 1.29 is 22.8 Å². The van der Waals surface area contributed by atoms with Crippen LogP contribution in [0.25, 0.3) is 11.3 Å². The van der Waals surface area contributed by atoms with Gasteiger partial charge in [-0.15, -0.1) is 0 Å². The van der Waals surface area contributed by atoms with E-state index in [4.69, 9.17) is 18.2 Å². The molecule has 0 aliphatic carbocycles. The highest BCUT2D eigenvalue weighted by Crippen LogP contribution is 2.54. The van der Waals surface area contributed by atoms with Gasteiger partial charge in [-0.3, -0.25) is 4.57 Å². The maximum atomic E-state index is 13.5. The molecule has 1 saturated heterocycles. The molecule has 152 valence electrons. The van der Waals surface area contributed by atoms with Crippen LogP contribution in [0.3, 0.4) is 0 Å². The molecule has 2 aromatic carbocycles. The number of ether oxygens (including phenoxy) is 1. The molecular weight excluding hydrogens is 387 g/mol. The lowest BCUT2D eigenvalue weighted by atomic mass is 9.97. The van der Waals surface area contributed by atoms with E-state index in [0.29, 0.717) is 30.9 Å². The molecule has 4 rings (SSSR count). The van der Waals surface area contributed by atoms with Gasteiger partial charge in [-0.2, -0.15) is 0 Å². The molecule has 1 fully saturated rings. The number of furan rings is 1. The molecule has 1 aliphatic heterocycles. The summed E-state index contributed by atoms with van der Waals surface area (Å²) in [7, 11) is -1.90. The highest BCUT2D eigenvalue weighted by molar-refractivity contribution is 7.61. The highest BCUT2D eigenvalue weighted by Gasteiger charge is 2.42. The van der Waals surface area contributed by atoms with E-state index in [9.17, 15) is 4.57 Å². The van der Waals surface area contributed by atoms with Crippen molar-refractivity contribution in [2.75, 3.05) is 20.3 Å². The van der Waals surface area contributed by atoms with E-state index in [0.717, 1.165) is 22.4 Å². The SMILES string of the molecule is COc1ccc(-c2cc(Cc3ccccc3)c(P3(=O)OCC(C)(C)CO3)o2)cc1. The molecule has 0 N–H and O–H groups in total. The minimum Gasteiger partial charge on any atom is -0.497 e. The first-order valence-corrected chi connectivity index (χ1v) is 11.1. The lowest BCUT2D eigenvalue weighted by Crippen LogP contribution is -2.32. The molecule has 6 heteroatoms. The van der Waals surface area contributed by atoms with E-state index in [2.05, 4.69) is 0 Å². The molecule has 0 bridgehead atoms. The van der Waals surface area contributed by atoms with Crippen molar-refractivity contribution in [3.8, 4) is 17.1 Å². The fourth-order valence-corrected chi connectivity index (χ4v) is 5.26.